The van der Waals surface area contributed by atoms with Gasteiger partial charge in [0, 0.05) is 19.5 Å². The molecule has 0 aliphatic carbocycles. The average molecular weight is 376 g/mol. The van der Waals surface area contributed by atoms with Gasteiger partial charge in [0.1, 0.15) is 24.4 Å². The summed E-state index contributed by atoms with van der Waals surface area (Å²) in [5.41, 5.74) is 0.147. The quantitative estimate of drug-likeness (QED) is 0.737. The molecule has 0 spiro atoms. The first-order valence-electron chi connectivity index (χ1n) is 8.93. The Labute approximate surface area is 158 Å². The van der Waals surface area contributed by atoms with Gasteiger partial charge in [-0.2, -0.15) is 0 Å². The van der Waals surface area contributed by atoms with Gasteiger partial charge in [-0.15, -0.1) is 0 Å². The van der Waals surface area contributed by atoms with Crippen LogP contribution in [0, 0.1) is 0 Å². The Bertz CT molecular complexity index is 715. The summed E-state index contributed by atoms with van der Waals surface area (Å²) in [6.45, 7) is 5.87. The van der Waals surface area contributed by atoms with Crippen molar-refractivity contribution in [3.8, 4) is 0 Å². The highest BCUT2D eigenvalue weighted by Crippen LogP contribution is 2.29. The van der Waals surface area contributed by atoms with Crippen LogP contribution in [0.5, 0.6) is 0 Å². The minimum atomic E-state index is -0.764. The number of carbonyl (C=O) groups is 3. The second-order valence-corrected chi connectivity index (χ2v) is 7.61. The number of nitrogens with zero attached hydrogens (tertiary/aromatic N) is 2. The molecule has 2 atom stereocenters. The van der Waals surface area contributed by atoms with Crippen molar-refractivity contribution in [2.24, 2.45) is 0 Å². The normalized spacial score (nSPS) is 22.1. The van der Waals surface area contributed by atoms with Crippen molar-refractivity contribution in [3.05, 3.63) is 35.9 Å². The van der Waals surface area contributed by atoms with Crippen LogP contribution < -0.4 is 0 Å². The van der Waals surface area contributed by atoms with E-state index in [-0.39, 0.29) is 13.2 Å². The lowest BCUT2D eigenvalue weighted by Crippen LogP contribution is -2.54. The van der Waals surface area contributed by atoms with E-state index in [0.29, 0.717) is 13.0 Å². The summed E-state index contributed by atoms with van der Waals surface area (Å²) in [5.74, 6) is 0. The molecule has 0 aromatic heterocycles. The molecule has 2 aliphatic heterocycles. The van der Waals surface area contributed by atoms with E-state index in [0.717, 1.165) is 10.5 Å². The Kier molecular flexibility index (Phi) is 5.25. The van der Waals surface area contributed by atoms with Crippen molar-refractivity contribution >= 4 is 18.3 Å². The molecule has 0 N–H and O–H groups in total. The molecule has 8 heteroatoms. The van der Waals surface area contributed by atoms with E-state index in [9.17, 15) is 14.4 Å². The maximum atomic E-state index is 12.4. The monoisotopic (exact) mass is 376 g/mol. The number of carbonyl (C=O) groups excluding carboxylic acids is 3. The van der Waals surface area contributed by atoms with E-state index in [2.05, 4.69) is 0 Å². The molecule has 2 aliphatic rings. The summed E-state index contributed by atoms with van der Waals surface area (Å²) in [6.07, 6.45) is -1.99. The zero-order valence-electron chi connectivity index (χ0n) is 15.7. The highest BCUT2D eigenvalue weighted by atomic mass is 16.6. The van der Waals surface area contributed by atoms with E-state index in [4.69, 9.17) is 14.2 Å². The first-order chi connectivity index (χ1) is 12.7. The molecule has 1 aromatic rings. The molecule has 2 heterocycles. The van der Waals surface area contributed by atoms with Gasteiger partial charge in [-0.05, 0) is 26.3 Å². The number of ether oxygens (including phenoxy) is 3. The van der Waals surface area contributed by atoms with Crippen LogP contribution in [-0.2, 0) is 20.8 Å². The zero-order valence-corrected chi connectivity index (χ0v) is 15.7. The highest BCUT2D eigenvalue weighted by molar-refractivity contribution is 5.90. The lowest BCUT2D eigenvalue weighted by Gasteiger charge is -2.35. The number of fused-ring (bicyclic) bond motifs is 1. The predicted molar refractivity (Wildman–Crippen MR) is 94.9 cm³/mol. The van der Waals surface area contributed by atoms with Crippen LogP contribution in [0.15, 0.2) is 30.3 Å². The SMILES string of the molecule is CC(C)(C)OC(=O)N1C(=O)O[C@@H]2CCN(C(=O)OCc3ccccc3)C[C@@H]21. The standard InChI is InChI=1S/C19H24N2O6/c1-19(2,3)27-18(24)21-14-11-20(10-9-15(14)26-17(21)23)16(22)25-12-13-7-5-4-6-8-13/h4-8,14-15H,9-12H2,1-3H3/t14-,15+/m0/s1. The van der Waals surface area contributed by atoms with Gasteiger partial charge in [0.2, 0.25) is 0 Å². The van der Waals surface area contributed by atoms with Crippen LogP contribution in [0.25, 0.3) is 0 Å². The molecule has 0 saturated carbocycles. The van der Waals surface area contributed by atoms with E-state index in [1.54, 1.807) is 20.8 Å². The van der Waals surface area contributed by atoms with Crippen molar-refractivity contribution in [2.75, 3.05) is 13.1 Å². The summed E-state index contributed by atoms with van der Waals surface area (Å²) in [5, 5.41) is 0. The van der Waals surface area contributed by atoms with Crippen LogP contribution in [0.2, 0.25) is 0 Å². The van der Waals surface area contributed by atoms with Crippen molar-refractivity contribution in [2.45, 2.75) is 51.5 Å². The number of imide groups is 1. The largest absolute Gasteiger partial charge is 0.445 e. The molecule has 3 rings (SSSR count). The third kappa shape index (κ3) is 4.50. The molecular formula is C19H24N2O6. The summed E-state index contributed by atoms with van der Waals surface area (Å²) < 4.78 is 15.9. The Balaban J connectivity index is 1.62. The van der Waals surface area contributed by atoms with Gasteiger partial charge in [-0.1, -0.05) is 30.3 Å². The van der Waals surface area contributed by atoms with Gasteiger partial charge in [-0.3, -0.25) is 0 Å². The van der Waals surface area contributed by atoms with E-state index in [1.165, 1.54) is 4.90 Å². The highest BCUT2D eigenvalue weighted by Gasteiger charge is 2.50. The fourth-order valence-corrected chi connectivity index (χ4v) is 3.11. The van der Waals surface area contributed by atoms with Crippen LogP contribution in [-0.4, -0.2) is 58.9 Å². The van der Waals surface area contributed by atoms with Crippen LogP contribution in [0.1, 0.15) is 32.8 Å². The van der Waals surface area contributed by atoms with E-state index >= 15 is 0 Å². The van der Waals surface area contributed by atoms with Gasteiger partial charge in [-0.25, -0.2) is 19.3 Å². The molecule has 27 heavy (non-hydrogen) atoms. The first-order valence-corrected chi connectivity index (χ1v) is 8.93. The van der Waals surface area contributed by atoms with Gasteiger partial charge < -0.3 is 19.1 Å². The third-order valence-electron chi connectivity index (χ3n) is 4.35. The molecular weight excluding hydrogens is 352 g/mol. The summed E-state index contributed by atoms with van der Waals surface area (Å²) in [4.78, 5) is 39.3. The topological polar surface area (TPSA) is 85.4 Å². The molecule has 0 unspecified atom stereocenters. The van der Waals surface area contributed by atoms with Gasteiger partial charge in [0.15, 0.2) is 0 Å². The Hall–Kier alpha value is -2.77. The lowest BCUT2D eigenvalue weighted by molar-refractivity contribution is 0.0191. The molecule has 146 valence electrons. The fourth-order valence-electron chi connectivity index (χ4n) is 3.11. The number of hydrogen-bond donors (Lipinski definition) is 0. The molecule has 2 saturated heterocycles. The van der Waals surface area contributed by atoms with Crippen molar-refractivity contribution in [3.63, 3.8) is 0 Å². The second-order valence-electron chi connectivity index (χ2n) is 7.61. The number of hydrogen-bond acceptors (Lipinski definition) is 6. The Morgan fingerprint density at radius 2 is 1.89 bits per heavy atom. The molecule has 8 nitrogen and oxygen atoms in total. The zero-order chi connectivity index (χ0) is 19.6. The predicted octanol–water partition coefficient (Wildman–Crippen LogP) is 3.15. The number of rotatable bonds is 2. The lowest BCUT2D eigenvalue weighted by atomic mass is 10.0. The fraction of sp³-hybridized carbons (Fsp3) is 0.526. The third-order valence-corrected chi connectivity index (χ3v) is 4.35. The molecule has 0 radical (unpaired) electrons. The minimum Gasteiger partial charge on any atom is -0.445 e. The first kappa shape index (κ1) is 19.0. The number of piperidine rings is 1. The maximum absolute atomic E-state index is 12.4. The van der Waals surface area contributed by atoms with Crippen LogP contribution in [0.4, 0.5) is 14.4 Å². The van der Waals surface area contributed by atoms with Crippen LogP contribution in [0.3, 0.4) is 0 Å². The number of benzene rings is 1. The van der Waals surface area contributed by atoms with Crippen molar-refractivity contribution < 1.29 is 28.6 Å². The Morgan fingerprint density at radius 3 is 2.56 bits per heavy atom. The smallest absolute Gasteiger partial charge is 0.420 e. The van der Waals surface area contributed by atoms with Crippen molar-refractivity contribution in [1.82, 2.24) is 9.80 Å². The summed E-state index contributed by atoms with van der Waals surface area (Å²) in [7, 11) is 0. The van der Waals surface area contributed by atoms with Crippen LogP contribution >= 0.6 is 0 Å². The number of likely N-dealkylation sites (tertiary alicyclic amines) is 1. The molecule has 3 amide bonds. The van der Waals surface area contributed by atoms with E-state index in [1.807, 2.05) is 30.3 Å². The van der Waals surface area contributed by atoms with Gasteiger partial charge in [0.25, 0.3) is 0 Å². The van der Waals surface area contributed by atoms with Crippen molar-refractivity contribution in [1.29, 1.82) is 0 Å². The maximum Gasteiger partial charge on any atom is 0.420 e. The summed E-state index contributed by atoms with van der Waals surface area (Å²) in [6, 6.07) is 8.79. The summed E-state index contributed by atoms with van der Waals surface area (Å²) >= 11 is 0. The van der Waals surface area contributed by atoms with Gasteiger partial charge in [0.05, 0.1) is 0 Å². The average Bonchev–Trinajstić information content (AvgIpc) is 2.94. The number of amides is 3. The van der Waals surface area contributed by atoms with E-state index < -0.39 is 36.0 Å². The Morgan fingerprint density at radius 1 is 1.19 bits per heavy atom. The molecule has 2 fully saturated rings. The van der Waals surface area contributed by atoms with Gasteiger partial charge >= 0.3 is 18.3 Å². The minimum absolute atomic E-state index is 0.156. The molecule has 1 aromatic carbocycles. The molecule has 0 bridgehead atoms. The second kappa shape index (κ2) is 7.46.